The molecule has 0 aromatic heterocycles. The highest BCUT2D eigenvalue weighted by atomic mass is 32.2. The third kappa shape index (κ3) is 4.29. The number of thioether (sulfide) groups is 1. The normalized spacial score (nSPS) is 30.4. The Morgan fingerprint density at radius 3 is 2.44 bits per heavy atom. The van der Waals surface area contributed by atoms with Gasteiger partial charge in [0.05, 0.1) is 0 Å². The van der Waals surface area contributed by atoms with Crippen LogP contribution in [-0.2, 0) is 0 Å². The van der Waals surface area contributed by atoms with Gasteiger partial charge in [-0.15, -0.1) is 0 Å². The summed E-state index contributed by atoms with van der Waals surface area (Å²) < 4.78 is 0. The van der Waals surface area contributed by atoms with Crippen LogP contribution in [0.15, 0.2) is 0 Å². The molecule has 1 fully saturated rings. The fourth-order valence-electron chi connectivity index (χ4n) is 2.51. The van der Waals surface area contributed by atoms with E-state index in [9.17, 15) is 0 Å². The summed E-state index contributed by atoms with van der Waals surface area (Å²) in [6.07, 6.45) is 4.09. The highest BCUT2D eigenvalue weighted by molar-refractivity contribution is 7.99. The predicted molar refractivity (Wildman–Crippen MR) is 73.8 cm³/mol. The van der Waals surface area contributed by atoms with Gasteiger partial charge in [-0.2, -0.15) is 11.8 Å². The van der Waals surface area contributed by atoms with E-state index >= 15 is 0 Å². The lowest BCUT2D eigenvalue weighted by molar-refractivity contribution is 0.186. The van der Waals surface area contributed by atoms with E-state index in [1.54, 1.807) is 0 Å². The van der Waals surface area contributed by atoms with Gasteiger partial charge in [-0.3, -0.25) is 0 Å². The van der Waals surface area contributed by atoms with Crippen LogP contribution < -0.4 is 0 Å². The SMILES string of the molecule is CC(C)C1CCSC(CC(C)C(C)CO)C1. The molecular weight excluding hydrogens is 216 g/mol. The molecule has 0 saturated carbocycles. The fraction of sp³-hybridized carbons (Fsp3) is 1.00. The van der Waals surface area contributed by atoms with Crippen molar-refractivity contribution in [1.82, 2.24) is 0 Å². The molecule has 16 heavy (non-hydrogen) atoms. The Morgan fingerprint density at radius 1 is 1.19 bits per heavy atom. The van der Waals surface area contributed by atoms with Crippen molar-refractivity contribution in [2.24, 2.45) is 23.7 Å². The molecule has 0 aromatic carbocycles. The summed E-state index contributed by atoms with van der Waals surface area (Å²) in [4.78, 5) is 0. The molecule has 0 amide bonds. The van der Waals surface area contributed by atoms with Crippen LogP contribution in [0.1, 0.15) is 47.0 Å². The first-order valence-corrected chi connectivity index (χ1v) is 7.81. The maximum Gasteiger partial charge on any atom is 0.0459 e. The highest BCUT2D eigenvalue weighted by Gasteiger charge is 2.26. The van der Waals surface area contributed by atoms with Gasteiger partial charge in [-0.05, 0) is 48.7 Å². The number of hydrogen-bond donors (Lipinski definition) is 1. The Bertz CT molecular complexity index is 193. The van der Waals surface area contributed by atoms with Crippen molar-refractivity contribution in [3.8, 4) is 0 Å². The maximum absolute atomic E-state index is 9.17. The van der Waals surface area contributed by atoms with Crippen molar-refractivity contribution < 1.29 is 5.11 Å². The lowest BCUT2D eigenvalue weighted by Gasteiger charge is -2.33. The van der Waals surface area contributed by atoms with E-state index in [2.05, 4.69) is 39.5 Å². The molecule has 0 aliphatic carbocycles. The molecule has 1 N–H and O–H groups in total. The van der Waals surface area contributed by atoms with E-state index in [0.717, 1.165) is 17.1 Å². The first kappa shape index (κ1) is 14.4. The molecule has 4 unspecified atom stereocenters. The average molecular weight is 244 g/mol. The zero-order valence-corrected chi connectivity index (χ0v) is 12.1. The Labute approximate surface area is 105 Å². The van der Waals surface area contributed by atoms with E-state index in [1.807, 2.05) is 0 Å². The molecule has 1 rings (SSSR count). The zero-order valence-electron chi connectivity index (χ0n) is 11.3. The molecule has 1 nitrogen and oxygen atoms in total. The summed E-state index contributed by atoms with van der Waals surface area (Å²) in [5.41, 5.74) is 0. The molecule has 4 atom stereocenters. The molecular formula is C14H28OS. The summed E-state index contributed by atoms with van der Waals surface area (Å²) in [6.45, 7) is 9.51. The summed E-state index contributed by atoms with van der Waals surface area (Å²) in [5, 5.41) is 10.0. The summed E-state index contributed by atoms with van der Waals surface area (Å²) >= 11 is 2.16. The number of rotatable bonds is 5. The van der Waals surface area contributed by atoms with E-state index in [0.29, 0.717) is 18.4 Å². The molecule has 0 spiro atoms. The molecule has 1 saturated heterocycles. The molecule has 0 aromatic rings. The zero-order chi connectivity index (χ0) is 12.1. The molecule has 96 valence electrons. The first-order chi connectivity index (χ1) is 7.54. The minimum atomic E-state index is 0.339. The number of hydrogen-bond acceptors (Lipinski definition) is 2. The van der Waals surface area contributed by atoms with E-state index in [1.165, 1.54) is 25.0 Å². The van der Waals surface area contributed by atoms with Crippen molar-refractivity contribution in [2.75, 3.05) is 12.4 Å². The molecule has 0 radical (unpaired) electrons. The van der Waals surface area contributed by atoms with E-state index < -0.39 is 0 Å². The second-order valence-corrected chi connectivity index (χ2v) is 7.30. The van der Waals surface area contributed by atoms with E-state index in [4.69, 9.17) is 5.11 Å². The van der Waals surface area contributed by atoms with Crippen LogP contribution in [0.2, 0.25) is 0 Å². The van der Waals surface area contributed by atoms with Crippen LogP contribution in [0.4, 0.5) is 0 Å². The minimum Gasteiger partial charge on any atom is -0.396 e. The Balaban J connectivity index is 2.36. The third-order valence-electron chi connectivity index (χ3n) is 4.24. The molecule has 2 heteroatoms. The van der Waals surface area contributed by atoms with Gasteiger partial charge in [0.1, 0.15) is 0 Å². The lowest BCUT2D eigenvalue weighted by Crippen LogP contribution is -2.25. The average Bonchev–Trinajstić information content (AvgIpc) is 2.28. The predicted octanol–water partition coefficient (Wildman–Crippen LogP) is 3.81. The maximum atomic E-state index is 9.17. The second kappa shape index (κ2) is 6.90. The summed E-state index contributed by atoms with van der Waals surface area (Å²) in [5.74, 6) is 4.23. The highest BCUT2D eigenvalue weighted by Crippen LogP contribution is 2.37. The fourth-order valence-corrected chi connectivity index (χ4v) is 4.10. The molecule has 0 bridgehead atoms. The minimum absolute atomic E-state index is 0.339. The van der Waals surface area contributed by atoms with Gasteiger partial charge in [0.2, 0.25) is 0 Å². The van der Waals surface area contributed by atoms with Crippen LogP contribution in [0.25, 0.3) is 0 Å². The second-order valence-electron chi connectivity index (χ2n) is 5.89. The van der Waals surface area contributed by atoms with Gasteiger partial charge in [0.15, 0.2) is 0 Å². The van der Waals surface area contributed by atoms with Crippen molar-refractivity contribution in [1.29, 1.82) is 0 Å². The summed E-state index contributed by atoms with van der Waals surface area (Å²) in [6, 6.07) is 0. The number of aliphatic hydroxyl groups excluding tert-OH is 1. The smallest absolute Gasteiger partial charge is 0.0459 e. The molecule has 1 aliphatic heterocycles. The van der Waals surface area contributed by atoms with E-state index in [-0.39, 0.29) is 0 Å². The first-order valence-electron chi connectivity index (χ1n) is 6.77. The van der Waals surface area contributed by atoms with Crippen LogP contribution in [0.3, 0.4) is 0 Å². The quantitative estimate of drug-likeness (QED) is 0.793. The van der Waals surface area contributed by atoms with Gasteiger partial charge < -0.3 is 5.11 Å². The topological polar surface area (TPSA) is 20.2 Å². The summed E-state index contributed by atoms with van der Waals surface area (Å²) in [7, 11) is 0. The van der Waals surface area contributed by atoms with Crippen LogP contribution in [0.5, 0.6) is 0 Å². The van der Waals surface area contributed by atoms with Crippen molar-refractivity contribution >= 4 is 11.8 Å². The standard InChI is InChI=1S/C14H28OS/c1-10(2)13-5-6-16-14(8-13)7-11(3)12(4)9-15/h10-15H,5-9H2,1-4H3. The van der Waals surface area contributed by atoms with Crippen molar-refractivity contribution in [3.63, 3.8) is 0 Å². The van der Waals surface area contributed by atoms with Crippen LogP contribution in [-0.4, -0.2) is 22.7 Å². The van der Waals surface area contributed by atoms with Crippen LogP contribution >= 0.6 is 11.8 Å². The van der Waals surface area contributed by atoms with Crippen molar-refractivity contribution in [3.05, 3.63) is 0 Å². The molecule has 1 aliphatic rings. The Hall–Kier alpha value is 0.310. The van der Waals surface area contributed by atoms with Gasteiger partial charge in [-0.25, -0.2) is 0 Å². The van der Waals surface area contributed by atoms with Crippen molar-refractivity contribution in [2.45, 2.75) is 52.2 Å². The van der Waals surface area contributed by atoms with Gasteiger partial charge in [-0.1, -0.05) is 27.7 Å². The Kier molecular flexibility index (Phi) is 6.20. The third-order valence-corrected chi connectivity index (χ3v) is 5.57. The molecule has 1 heterocycles. The van der Waals surface area contributed by atoms with Gasteiger partial charge >= 0.3 is 0 Å². The van der Waals surface area contributed by atoms with Gasteiger partial charge in [0, 0.05) is 11.9 Å². The van der Waals surface area contributed by atoms with Gasteiger partial charge in [0.25, 0.3) is 0 Å². The van der Waals surface area contributed by atoms with Crippen LogP contribution in [0, 0.1) is 23.7 Å². The lowest BCUT2D eigenvalue weighted by atomic mass is 9.84. The number of aliphatic hydroxyl groups is 1. The largest absolute Gasteiger partial charge is 0.396 e. The Morgan fingerprint density at radius 2 is 1.88 bits per heavy atom. The monoisotopic (exact) mass is 244 g/mol.